The van der Waals surface area contributed by atoms with Crippen molar-refractivity contribution in [1.29, 1.82) is 0 Å². The Morgan fingerprint density at radius 2 is 1.67 bits per heavy atom. The Kier molecular flexibility index (Phi) is 4.42. The van der Waals surface area contributed by atoms with Crippen molar-refractivity contribution in [2.75, 3.05) is 52.4 Å². The molecule has 0 aromatic heterocycles. The van der Waals surface area contributed by atoms with Gasteiger partial charge in [-0.25, -0.2) is 0 Å². The topological polar surface area (TPSA) is 18.5 Å². The predicted molar refractivity (Wildman–Crippen MR) is 64.1 cm³/mol. The summed E-state index contributed by atoms with van der Waals surface area (Å²) in [7, 11) is 0. The largest absolute Gasteiger partial charge is 0.314 e. The summed E-state index contributed by atoms with van der Waals surface area (Å²) in [6.07, 6.45) is 2.83. The Morgan fingerprint density at radius 1 is 1.00 bits per heavy atom. The minimum Gasteiger partial charge on any atom is -0.314 e. The van der Waals surface area contributed by atoms with Crippen molar-refractivity contribution in [1.82, 2.24) is 15.1 Å². The lowest BCUT2D eigenvalue weighted by atomic mass is 9.96. The molecule has 2 fully saturated rings. The molecule has 88 valence electrons. The zero-order valence-electron chi connectivity index (χ0n) is 10.0. The molecule has 0 radical (unpaired) electrons. The van der Waals surface area contributed by atoms with E-state index in [1.54, 1.807) is 0 Å². The van der Waals surface area contributed by atoms with Crippen LogP contribution in [0, 0.1) is 5.92 Å². The van der Waals surface area contributed by atoms with Gasteiger partial charge in [0.2, 0.25) is 0 Å². The highest BCUT2D eigenvalue weighted by Crippen LogP contribution is 2.18. The van der Waals surface area contributed by atoms with Crippen molar-refractivity contribution in [2.24, 2.45) is 5.92 Å². The lowest BCUT2D eigenvalue weighted by Gasteiger charge is -2.35. The summed E-state index contributed by atoms with van der Waals surface area (Å²) in [5.41, 5.74) is 0. The zero-order chi connectivity index (χ0) is 10.5. The van der Waals surface area contributed by atoms with Crippen LogP contribution in [-0.2, 0) is 0 Å². The minimum absolute atomic E-state index is 0.964. The van der Waals surface area contributed by atoms with E-state index in [9.17, 15) is 0 Å². The first-order valence-corrected chi connectivity index (χ1v) is 6.54. The standard InChI is InChI=1S/C12H25N3/c1-2-14-7-3-12(4-8-14)11-15-9-5-13-6-10-15/h12-13H,2-11H2,1H3. The molecule has 0 spiro atoms. The Labute approximate surface area is 93.8 Å². The minimum atomic E-state index is 0.964. The molecule has 2 rings (SSSR count). The van der Waals surface area contributed by atoms with Crippen molar-refractivity contribution in [3.8, 4) is 0 Å². The number of hydrogen-bond donors (Lipinski definition) is 1. The first-order chi connectivity index (χ1) is 7.38. The van der Waals surface area contributed by atoms with Crippen LogP contribution in [0.1, 0.15) is 19.8 Å². The maximum Gasteiger partial charge on any atom is 0.0107 e. The molecule has 15 heavy (non-hydrogen) atoms. The van der Waals surface area contributed by atoms with Crippen LogP contribution >= 0.6 is 0 Å². The van der Waals surface area contributed by atoms with Gasteiger partial charge in [-0.05, 0) is 38.4 Å². The van der Waals surface area contributed by atoms with E-state index in [1.165, 1.54) is 65.2 Å². The number of nitrogens with zero attached hydrogens (tertiary/aromatic N) is 2. The fourth-order valence-electron chi connectivity index (χ4n) is 2.74. The molecule has 0 saturated carbocycles. The quantitative estimate of drug-likeness (QED) is 0.738. The van der Waals surface area contributed by atoms with Gasteiger partial charge in [-0.15, -0.1) is 0 Å². The molecule has 3 heteroatoms. The molecule has 0 bridgehead atoms. The van der Waals surface area contributed by atoms with Gasteiger partial charge in [0.15, 0.2) is 0 Å². The van der Waals surface area contributed by atoms with E-state index < -0.39 is 0 Å². The molecule has 0 aromatic carbocycles. The molecule has 2 heterocycles. The van der Waals surface area contributed by atoms with Crippen LogP contribution in [0.25, 0.3) is 0 Å². The lowest BCUT2D eigenvalue weighted by molar-refractivity contribution is 0.139. The molecule has 2 aliphatic rings. The highest BCUT2D eigenvalue weighted by Gasteiger charge is 2.21. The van der Waals surface area contributed by atoms with Gasteiger partial charge >= 0.3 is 0 Å². The predicted octanol–water partition coefficient (Wildman–Crippen LogP) is 0.624. The summed E-state index contributed by atoms with van der Waals surface area (Å²) in [5, 5.41) is 3.42. The van der Waals surface area contributed by atoms with E-state index >= 15 is 0 Å². The third-order valence-electron chi connectivity index (χ3n) is 3.88. The molecule has 0 aromatic rings. The molecular formula is C12H25N3. The summed E-state index contributed by atoms with van der Waals surface area (Å²) >= 11 is 0. The van der Waals surface area contributed by atoms with E-state index in [0.717, 1.165) is 5.92 Å². The van der Waals surface area contributed by atoms with Crippen LogP contribution in [-0.4, -0.2) is 62.2 Å². The molecule has 2 aliphatic heterocycles. The first kappa shape index (κ1) is 11.4. The van der Waals surface area contributed by atoms with Crippen LogP contribution in [0.5, 0.6) is 0 Å². The van der Waals surface area contributed by atoms with Gasteiger partial charge in [0, 0.05) is 32.7 Å². The van der Waals surface area contributed by atoms with Crippen LogP contribution in [0.3, 0.4) is 0 Å². The number of likely N-dealkylation sites (tertiary alicyclic amines) is 1. The molecule has 2 saturated heterocycles. The molecule has 0 aliphatic carbocycles. The Bertz CT molecular complexity index is 170. The smallest absolute Gasteiger partial charge is 0.0107 e. The second-order valence-corrected chi connectivity index (χ2v) is 4.93. The third kappa shape index (κ3) is 3.44. The van der Waals surface area contributed by atoms with Gasteiger partial charge in [0.05, 0.1) is 0 Å². The van der Waals surface area contributed by atoms with E-state index in [1.807, 2.05) is 0 Å². The van der Waals surface area contributed by atoms with E-state index in [4.69, 9.17) is 0 Å². The number of rotatable bonds is 3. The second-order valence-electron chi connectivity index (χ2n) is 4.93. The van der Waals surface area contributed by atoms with Gasteiger partial charge < -0.3 is 15.1 Å². The number of piperazine rings is 1. The third-order valence-corrected chi connectivity index (χ3v) is 3.88. The van der Waals surface area contributed by atoms with E-state index in [-0.39, 0.29) is 0 Å². The fourth-order valence-corrected chi connectivity index (χ4v) is 2.74. The molecule has 0 amide bonds. The van der Waals surface area contributed by atoms with Crippen LogP contribution in [0.4, 0.5) is 0 Å². The highest BCUT2D eigenvalue weighted by atomic mass is 15.2. The van der Waals surface area contributed by atoms with Gasteiger partial charge in [0.25, 0.3) is 0 Å². The van der Waals surface area contributed by atoms with Crippen molar-refractivity contribution in [2.45, 2.75) is 19.8 Å². The van der Waals surface area contributed by atoms with Gasteiger partial charge in [-0.1, -0.05) is 6.92 Å². The summed E-state index contributed by atoms with van der Waals surface area (Å²) in [6, 6.07) is 0. The van der Waals surface area contributed by atoms with Gasteiger partial charge in [-0.3, -0.25) is 0 Å². The first-order valence-electron chi connectivity index (χ1n) is 6.54. The van der Waals surface area contributed by atoms with Crippen molar-refractivity contribution in [3.63, 3.8) is 0 Å². The lowest BCUT2D eigenvalue weighted by Crippen LogP contribution is -2.46. The Balaban J connectivity index is 1.67. The molecule has 0 atom stereocenters. The van der Waals surface area contributed by atoms with Gasteiger partial charge in [0.1, 0.15) is 0 Å². The molecule has 0 unspecified atom stereocenters. The summed E-state index contributed by atoms with van der Waals surface area (Å²) < 4.78 is 0. The average molecular weight is 211 g/mol. The number of hydrogen-bond acceptors (Lipinski definition) is 3. The highest BCUT2D eigenvalue weighted by molar-refractivity contribution is 4.76. The van der Waals surface area contributed by atoms with Crippen LogP contribution in [0.2, 0.25) is 0 Å². The zero-order valence-corrected chi connectivity index (χ0v) is 10.0. The monoisotopic (exact) mass is 211 g/mol. The summed E-state index contributed by atoms with van der Waals surface area (Å²) in [6.45, 7) is 12.4. The summed E-state index contributed by atoms with van der Waals surface area (Å²) in [4.78, 5) is 5.22. The van der Waals surface area contributed by atoms with Crippen molar-refractivity contribution in [3.05, 3.63) is 0 Å². The SMILES string of the molecule is CCN1CCC(CN2CCNCC2)CC1. The number of piperidine rings is 1. The maximum absolute atomic E-state index is 3.42. The number of nitrogens with one attached hydrogen (secondary N) is 1. The van der Waals surface area contributed by atoms with E-state index in [2.05, 4.69) is 22.0 Å². The van der Waals surface area contributed by atoms with Crippen molar-refractivity contribution >= 4 is 0 Å². The Hall–Kier alpha value is -0.120. The van der Waals surface area contributed by atoms with Crippen LogP contribution in [0.15, 0.2) is 0 Å². The molecule has 1 N–H and O–H groups in total. The molecular weight excluding hydrogens is 186 g/mol. The van der Waals surface area contributed by atoms with E-state index in [0.29, 0.717) is 0 Å². The Morgan fingerprint density at radius 3 is 2.27 bits per heavy atom. The fraction of sp³-hybridized carbons (Fsp3) is 1.00. The normalized spacial score (nSPS) is 27.0. The average Bonchev–Trinajstić information content (AvgIpc) is 2.31. The maximum atomic E-state index is 3.42. The molecule has 3 nitrogen and oxygen atoms in total. The van der Waals surface area contributed by atoms with Crippen LogP contribution < -0.4 is 5.32 Å². The second kappa shape index (κ2) is 5.83. The van der Waals surface area contributed by atoms with Gasteiger partial charge in [-0.2, -0.15) is 0 Å². The summed E-state index contributed by atoms with van der Waals surface area (Å²) in [5.74, 6) is 0.964. The van der Waals surface area contributed by atoms with Crippen molar-refractivity contribution < 1.29 is 0 Å².